The van der Waals surface area contributed by atoms with Crippen molar-refractivity contribution in [2.24, 2.45) is 23.7 Å². The lowest BCUT2D eigenvalue weighted by Crippen LogP contribution is -2.30. The second kappa shape index (κ2) is 73.8. The average Bonchev–Trinajstić information content (AvgIpc) is 0.903. The number of ether oxygens (including phenoxy) is 4. The maximum Gasteiger partial charge on any atom is 0.472 e. The Bertz CT molecular complexity index is 2030. The first-order chi connectivity index (χ1) is 50.1. The van der Waals surface area contributed by atoms with Crippen LogP contribution in [0.5, 0.6) is 0 Å². The van der Waals surface area contributed by atoms with Gasteiger partial charge in [-0.3, -0.25) is 37.3 Å². The van der Waals surface area contributed by atoms with Gasteiger partial charge < -0.3 is 33.8 Å². The van der Waals surface area contributed by atoms with Crippen LogP contribution in [0.2, 0.25) is 0 Å². The van der Waals surface area contributed by atoms with E-state index in [2.05, 4.69) is 55.4 Å². The van der Waals surface area contributed by atoms with E-state index < -0.39 is 97.5 Å². The number of carbonyl (C=O) groups excluding carboxylic acids is 4. The minimum absolute atomic E-state index is 0.107. The number of hydrogen-bond acceptors (Lipinski definition) is 15. The minimum atomic E-state index is -4.97. The fraction of sp³-hybridized carbons (Fsp3) is 0.953. The summed E-state index contributed by atoms with van der Waals surface area (Å²) in [6.07, 6.45) is 62.5. The van der Waals surface area contributed by atoms with Crippen molar-refractivity contribution in [1.82, 2.24) is 0 Å². The lowest BCUT2D eigenvalue weighted by molar-refractivity contribution is -0.161. The van der Waals surface area contributed by atoms with E-state index >= 15 is 0 Å². The zero-order valence-corrected chi connectivity index (χ0v) is 70.5. The van der Waals surface area contributed by atoms with Crippen LogP contribution in [-0.4, -0.2) is 96.7 Å². The topological polar surface area (TPSA) is 237 Å². The highest BCUT2D eigenvalue weighted by molar-refractivity contribution is 7.47. The van der Waals surface area contributed by atoms with Gasteiger partial charge in [-0.05, 0) is 49.4 Å². The maximum absolute atomic E-state index is 13.1. The van der Waals surface area contributed by atoms with Crippen LogP contribution in [0.15, 0.2) is 0 Å². The number of esters is 4. The molecule has 0 heterocycles. The molecule has 0 saturated carbocycles. The first kappa shape index (κ1) is 102. The summed E-state index contributed by atoms with van der Waals surface area (Å²) in [7, 11) is -9.93. The van der Waals surface area contributed by atoms with E-state index in [1.165, 1.54) is 238 Å². The zero-order valence-electron chi connectivity index (χ0n) is 68.7. The third-order valence-electron chi connectivity index (χ3n) is 20.2. The minimum Gasteiger partial charge on any atom is -0.462 e. The van der Waals surface area contributed by atoms with Gasteiger partial charge in [-0.2, -0.15) is 0 Å². The molecule has 0 amide bonds. The molecule has 618 valence electrons. The van der Waals surface area contributed by atoms with Crippen molar-refractivity contribution in [3.63, 3.8) is 0 Å². The molecule has 0 aliphatic rings. The van der Waals surface area contributed by atoms with E-state index in [9.17, 15) is 43.2 Å². The first-order valence-electron chi connectivity index (χ1n) is 43.7. The summed E-state index contributed by atoms with van der Waals surface area (Å²) in [4.78, 5) is 73.2. The van der Waals surface area contributed by atoms with Crippen molar-refractivity contribution < 1.29 is 80.2 Å². The van der Waals surface area contributed by atoms with Gasteiger partial charge in [0.2, 0.25) is 0 Å². The molecule has 0 aromatic carbocycles. The highest BCUT2D eigenvalue weighted by Crippen LogP contribution is 2.45. The summed E-state index contributed by atoms with van der Waals surface area (Å²) in [6.45, 7) is 14.3. The number of aliphatic hydroxyl groups excluding tert-OH is 1. The second-order valence-corrected chi connectivity index (χ2v) is 35.2. The smallest absolute Gasteiger partial charge is 0.462 e. The van der Waals surface area contributed by atoms with Crippen LogP contribution in [0.3, 0.4) is 0 Å². The molecule has 0 aromatic heterocycles. The van der Waals surface area contributed by atoms with Gasteiger partial charge in [0.15, 0.2) is 12.2 Å². The molecule has 3 N–H and O–H groups in total. The van der Waals surface area contributed by atoms with Crippen molar-refractivity contribution in [3.05, 3.63) is 0 Å². The molecule has 0 aliphatic carbocycles. The predicted octanol–water partition coefficient (Wildman–Crippen LogP) is 25.6. The van der Waals surface area contributed by atoms with Crippen LogP contribution in [0, 0.1) is 23.7 Å². The van der Waals surface area contributed by atoms with E-state index in [0.29, 0.717) is 31.6 Å². The van der Waals surface area contributed by atoms with Crippen molar-refractivity contribution in [2.75, 3.05) is 39.6 Å². The predicted molar refractivity (Wildman–Crippen MR) is 428 cm³/mol. The molecule has 104 heavy (non-hydrogen) atoms. The molecule has 0 spiro atoms. The van der Waals surface area contributed by atoms with E-state index in [1.807, 2.05) is 0 Å². The number of phosphoric acid groups is 2. The van der Waals surface area contributed by atoms with Gasteiger partial charge in [0.05, 0.1) is 26.4 Å². The van der Waals surface area contributed by atoms with Crippen LogP contribution in [0.4, 0.5) is 0 Å². The fourth-order valence-electron chi connectivity index (χ4n) is 13.1. The van der Waals surface area contributed by atoms with Crippen LogP contribution in [-0.2, 0) is 65.4 Å². The summed E-state index contributed by atoms with van der Waals surface area (Å²) >= 11 is 0. The van der Waals surface area contributed by atoms with E-state index in [4.69, 9.17) is 37.0 Å². The van der Waals surface area contributed by atoms with E-state index in [1.54, 1.807) is 0 Å². The molecule has 0 aliphatic heterocycles. The van der Waals surface area contributed by atoms with Crippen molar-refractivity contribution in [1.29, 1.82) is 0 Å². The highest BCUT2D eigenvalue weighted by atomic mass is 31.2. The van der Waals surface area contributed by atoms with Crippen LogP contribution < -0.4 is 0 Å². The Morgan fingerprint density at radius 1 is 0.269 bits per heavy atom. The summed E-state index contributed by atoms with van der Waals surface area (Å²) in [5.74, 6) is 1.05. The number of unbranched alkanes of at least 4 members (excludes halogenated alkanes) is 47. The molecule has 0 radical (unpaired) electrons. The van der Waals surface area contributed by atoms with Gasteiger partial charge in [-0.15, -0.1) is 0 Å². The molecule has 19 heteroatoms. The van der Waals surface area contributed by atoms with Gasteiger partial charge in [-0.1, -0.05) is 389 Å². The summed E-state index contributed by atoms with van der Waals surface area (Å²) in [5.41, 5.74) is 0. The molecule has 4 unspecified atom stereocenters. The Labute approximate surface area is 638 Å². The molecule has 17 nitrogen and oxygen atoms in total. The molecule has 0 rings (SSSR count). The van der Waals surface area contributed by atoms with Gasteiger partial charge in [-0.25, -0.2) is 9.13 Å². The average molecular weight is 1520 g/mol. The highest BCUT2D eigenvalue weighted by Gasteiger charge is 2.30. The number of rotatable bonds is 82. The van der Waals surface area contributed by atoms with E-state index in [0.717, 1.165) is 114 Å². The van der Waals surface area contributed by atoms with Gasteiger partial charge in [0.25, 0.3) is 0 Å². The Hall–Kier alpha value is -1.94. The van der Waals surface area contributed by atoms with E-state index in [-0.39, 0.29) is 25.7 Å². The monoisotopic (exact) mass is 1520 g/mol. The Balaban J connectivity index is 5.24. The third kappa shape index (κ3) is 76.8. The fourth-order valence-corrected chi connectivity index (χ4v) is 14.7. The summed E-state index contributed by atoms with van der Waals surface area (Å²) in [5, 5.41) is 10.7. The second-order valence-electron chi connectivity index (χ2n) is 32.2. The lowest BCUT2D eigenvalue weighted by atomic mass is 9.99. The zero-order chi connectivity index (χ0) is 76.7. The normalized spacial score (nSPS) is 14.2. The van der Waals surface area contributed by atoms with Crippen LogP contribution in [0.25, 0.3) is 0 Å². The Morgan fingerprint density at radius 2 is 0.462 bits per heavy atom. The van der Waals surface area contributed by atoms with Crippen LogP contribution >= 0.6 is 15.6 Å². The summed E-state index contributed by atoms with van der Waals surface area (Å²) < 4.78 is 68.9. The number of aliphatic hydroxyl groups is 1. The number of phosphoric ester groups is 2. The molecule has 0 fully saturated rings. The van der Waals surface area contributed by atoms with Crippen molar-refractivity contribution >= 4 is 39.5 Å². The molecule has 6 atom stereocenters. The van der Waals surface area contributed by atoms with Gasteiger partial charge in [0.1, 0.15) is 19.3 Å². The third-order valence-corrected chi connectivity index (χ3v) is 22.1. The number of carbonyl (C=O) groups is 4. The number of hydrogen-bond donors (Lipinski definition) is 3. The van der Waals surface area contributed by atoms with Crippen LogP contribution in [0.1, 0.15) is 441 Å². The quantitative estimate of drug-likeness (QED) is 0.0222. The SMILES string of the molecule is CCC(C)CCCCCCCCCCCCCCCCC(=O)O[C@H](COC(=O)CCCCCCCCCC(C)C)COP(=O)(O)OCC(O)COP(=O)(O)OC[C@@H](COC(=O)CCCCCCCCCCCCCCCCC(C)C)OC(=O)CCCCCCCCCCCCCCCCCCC(C)C. The molecular weight excluding hydrogens is 1350 g/mol. The standard InChI is InChI=1S/C85H166O17P2/c1-9-78(8)64-56-48-40-32-26-20-15-17-23-29-35-43-52-60-68-85(90)102-81(72-96-83(88)66-58-50-44-36-39-47-55-63-77(6)7)74-100-104(93,94)98-70-79(86)69-97-103(91,92)99-73-80(71-95-82(87)65-57-49-41-33-27-21-16-14-19-25-31-38-46-54-62-76(4)5)101-84(89)67-59-51-42-34-28-22-13-11-10-12-18-24-30-37-45-53-61-75(2)3/h75-81,86H,9-74H2,1-8H3,(H,91,92)(H,93,94)/t78?,79?,80-,81-/m1/s1. The lowest BCUT2D eigenvalue weighted by Gasteiger charge is -2.21. The maximum atomic E-state index is 13.1. The van der Waals surface area contributed by atoms with Crippen molar-refractivity contribution in [2.45, 2.75) is 459 Å². The first-order valence-corrected chi connectivity index (χ1v) is 46.7. The summed E-state index contributed by atoms with van der Waals surface area (Å²) in [6, 6.07) is 0. The molecule has 0 saturated heterocycles. The Kier molecular flexibility index (Phi) is 72.5. The van der Waals surface area contributed by atoms with Gasteiger partial charge in [0, 0.05) is 25.7 Å². The molecular formula is C85H166O17P2. The Morgan fingerprint density at radius 3 is 0.683 bits per heavy atom. The molecule has 0 aromatic rings. The van der Waals surface area contributed by atoms with Crippen molar-refractivity contribution in [3.8, 4) is 0 Å². The largest absolute Gasteiger partial charge is 0.472 e. The van der Waals surface area contributed by atoms with Gasteiger partial charge >= 0.3 is 39.5 Å². The molecule has 0 bridgehead atoms.